The number of nitrogens with one attached hydrogen (secondary N) is 2. The van der Waals surface area contributed by atoms with Gasteiger partial charge in [0.05, 0.1) is 12.1 Å². The molecule has 5 heteroatoms. The number of aryl methyl sites for hydroxylation is 2. The molecule has 0 heterocycles. The van der Waals surface area contributed by atoms with Gasteiger partial charge in [0.25, 0.3) is 0 Å². The largest absolute Gasteiger partial charge is 0.393 e. The fourth-order valence-electron chi connectivity index (χ4n) is 3.03. The first-order valence-corrected chi connectivity index (χ1v) is 7.86. The number of hydrogen-bond donors (Lipinski definition) is 3. The third-order valence-corrected chi connectivity index (χ3v) is 4.37. The van der Waals surface area contributed by atoms with Crippen molar-refractivity contribution in [1.82, 2.24) is 10.6 Å². The summed E-state index contributed by atoms with van der Waals surface area (Å²) in [6, 6.07) is 3.11. The summed E-state index contributed by atoms with van der Waals surface area (Å²) < 4.78 is 13.6. The number of aliphatic hydroxyl groups is 1. The lowest BCUT2D eigenvalue weighted by molar-refractivity contribution is 0.177. The number of rotatable bonds is 4. The molecule has 3 unspecified atom stereocenters. The molecule has 0 radical (unpaired) electrons. The number of benzene rings is 1. The summed E-state index contributed by atoms with van der Waals surface area (Å²) in [7, 11) is 0. The van der Waals surface area contributed by atoms with Crippen molar-refractivity contribution in [2.75, 3.05) is 6.54 Å². The van der Waals surface area contributed by atoms with Gasteiger partial charge in [-0.2, -0.15) is 0 Å². The van der Waals surface area contributed by atoms with Crippen LogP contribution in [0.3, 0.4) is 0 Å². The highest BCUT2D eigenvalue weighted by atomic mass is 19.1. The Morgan fingerprint density at radius 3 is 2.55 bits per heavy atom. The number of carbonyl (C=O) groups is 1. The lowest BCUT2D eigenvalue weighted by Gasteiger charge is -2.18. The van der Waals surface area contributed by atoms with E-state index in [2.05, 4.69) is 10.6 Å². The lowest BCUT2D eigenvalue weighted by Crippen LogP contribution is -2.39. The number of carbonyl (C=O) groups excluding carboxylic acids is 1. The molecule has 1 aromatic carbocycles. The molecule has 1 aromatic rings. The monoisotopic (exact) mass is 308 g/mol. The Balaban J connectivity index is 1.86. The summed E-state index contributed by atoms with van der Waals surface area (Å²) in [5.41, 5.74) is 2.07. The SMILES string of the molecule is Cc1cc(C(C)NC(=O)NCC2CCC(O)C2)cc(C)c1F. The molecule has 0 aliphatic heterocycles. The van der Waals surface area contributed by atoms with Crippen molar-refractivity contribution in [3.05, 3.63) is 34.6 Å². The molecule has 4 nitrogen and oxygen atoms in total. The summed E-state index contributed by atoms with van der Waals surface area (Å²) in [4.78, 5) is 11.9. The van der Waals surface area contributed by atoms with Gasteiger partial charge in [0.2, 0.25) is 0 Å². The number of hydrogen-bond acceptors (Lipinski definition) is 2. The Morgan fingerprint density at radius 1 is 1.36 bits per heavy atom. The molecule has 0 spiro atoms. The minimum absolute atomic E-state index is 0.188. The van der Waals surface area contributed by atoms with Crippen molar-refractivity contribution in [2.24, 2.45) is 5.92 Å². The van der Waals surface area contributed by atoms with Crippen LogP contribution in [0.2, 0.25) is 0 Å². The molecule has 3 N–H and O–H groups in total. The van der Waals surface area contributed by atoms with Gasteiger partial charge in [0, 0.05) is 6.54 Å². The second-order valence-electron chi connectivity index (χ2n) is 6.38. The second kappa shape index (κ2) is 7.09. The van der Waals surface area contributed by atoms with Crippen LogP contribution < -0.4 is 10.6 Å². The summed E-state index contributed by atoms with van der Waals surface area (Å²) in [6.45, 7) is 5.91. The van der Waals surface area contributed by atoms with Crippen molar-refractivity contribution in [3.8, 4) is 0 Å². The van der Waals surface area contributed by atoms with Crippen LogP contribution in [0.4, 0.5) is 9.18 Å². The van der Waals surface area contributed by atoms with E-state index in [9.17, 15) is 14.3 Å². The lowest BCUT2D eigenvalue weighted by atomic mass is 10.0. The number of aliphatic hydroxyl groups excluding tert-OH is 1. The number of amides is 2. The molecule has 0 saturated heterocycles. The van der Waals surface area contributed by atoms with Gasteiger partial charge >= 0.3 is 6.03 Å². The van der Waals surface area contributed by atoms with E-state index in [-0.39, 0.29) is 24.0 Å². The van der Waals surface area contributed by atoms with Crippen molar-refractivity contribution in [3.63, 3.8) is 0 Å². The standard InChI is InChI=1S/C17H25FN2O2/c1-10-6-14(7-11(2)16(10)18)12(3)20-17(22)19-9-13-4-5-15(21)8-13/h6-7,12-13,15,21H,4-5,8-9H2,1-3H3,(H2,19,20,22). The zero-order valence-corrected chi connectivity index (χ0v) is 13.4. The smallest absolute Gasteiger partial charge is 0.315 e. The molecule has 1 aliphatic rings. The van der Waals surface area contributed by atoms with Crippen molar-refractivity contribution in [1.29, 1.82) is 0 Å². The molecule has 122 valence electrons. The van der Waals surface area contributed by atoms with Crippen LogP contribution in [-0.2, 0) is 0 Å². The molecule has 0 bridgehead atoms. The first-order valence-electron chi connectivity index (χ1n) is 7.86. The van der Waals surface area contributed by atoms with Gasteiger partial charge in [-0.1, -0.05) is 12.1 Å². The van der Waals surface area contributed by atoms with E-state index >= 15 is 0 Å². The zero-order chi connectivity index (χ0) is 16.3. The minimum atomic E-state index is -0.228. The minimum Gasteiger partial charge on any atom is -0.393 e. The van der Waals surface area contributed by atoms with Gasteiger partial charge in [0.15, 0.2) is 0 Å². The highest BCUT2D eigenvalue weighted by Crippen LogP contribution is 2.24. The highest BCUT2D eigenvalue weighted by Gasteiger charge is 2.23. The highest BCUT2D eigenvalue weighted by molar-refractivity contribution is 5.74. The van der Waals surface area contributed by atoms with Crippen LogP contribution in [0.1, 0.15) is 48.9 Å². The summed E-state index contributed by atoms with van der Waals surface area (Å²) in [6.07, 6.45) is 2.30. The van der Waals surface area contributed by atoms with Crippen molar-refractivity contribution in [2.45, 2.75) is 52.2 Å². The Labute approximate surface area is 131 Å². The Hall–Kier alpha value is -1.62. The first kappa shape index (κ1) is 16.7. The molecule has 1 fully saturated rings. The fraction of sp³-hybridized carbons (Fsp3) is 0.588. The molecule has 1 aliphatic carbocycles. The fourth-order valence-corrected chi connectivity index (χ4v) is 3.03. The van der Waals surface area contributed by atoms with E-state index in [1.54, 1.807) is 26.0 Å². The Bertz CT molecular complexity index is 524. The molecule has 2 rings (SSSR count). The van der Waals surface area contributed by atoms with Crippen LogP contribution >= 0.6 is 0 Å². The molecule has 22 heavy (non-hydrogen) atoms. The maximum absolute atomic E-state index is 13.6. The van der Waals surface area contributed by atoms with Crippen molar-refractivity contribution < 1.29 is 14.3 Å². The van der Waals surface area contributed by atoms with Crippen LogP contribution in [0.25, 0.3) is 0 Å². The third kappa shape index (κ3) is 4.19. The topological polar surface area (TPSA) is 61.4 Å². The number of halogens is 1. The van der Waals surface area contributed by atoms with E-state index < -0.39 is 0 Å². The quantitative estimate of drug-likeness (QED) is 0.801. The molecule has 0 aromatic heterocycles. The van der Waals surface area contributed by atoms with Gasteiger partial charge in [-0.3, -0.25) is 0 Å². The Kier molecular flexibility index (Phi) is 5.40. The number of urea groups is 1. The maximum atomic E-state index is 13.6. The second-order valence-corrected chi connectivity index (χ2v) is 6.38. The van der Waals surface area contributed by atoms with Crippen LogP contribution in [0.15, 0.2) is 12.1 Å². The molecule has 3 atom stereocenters. The maximum Gasteiger partial charge on any atom is 0.315 e. The summed E-state index contributed by atoms with van der Waals surface area (Å²) >= 11 is 0. The van der Waals surface area contributed by atoms with Crippen LogP contribution in [-0.4, -0.2) is 23.8 Å². The molecular weight excluding hydrogens is 283 g/mol. The van der Waals surface area contributed by atoms with E-state index in [1.165, 1.54) is 0 Å². The van der Waals surface area contributed by atoms with Crippen LogP contribution in [0, 0.1) is 25.6 Å². The molecular formula is C17H25FN2O2. The third-order valence-electron chi connectivity index (χ3n) is 4.37. The summed E-state index contributed by atoms with van der Waals surface area (Å²) in [5.74, 6) is 0.159. The Morgan fingerprint density at radius 2 is 2.00 bits per heavy atom. The molecule has 2 amide bonds. The zero-order valence-electron chi connectivity index (χ0n) is 13.4. The predicted molar refractivity (Wildman–Crippen MR) is 84.2 cm³/mol. The van der Waals surface area contributed by atoms with Crippen LogP contribution in [0.5, 0.6) is 0 Å². The van der Waals surface area contributed by atoms with Crippen molar-refractivity contribution >= 4 is 6.03 Å². The van der Waals surface area contributed by atoms with Gasteiger partial charge in [-0.05, 0) is 62.6 Å². The van der Waals surface area contributed by atoms with Gasteiger partial charge < -0.3 is 15.7 Å². The molecule has 1 saturated carbocycles. The first-order chi connectivity index (χ1) is 10.4. The normalized spacial score (nSPS) is 22.4. The van der Waals surface area contributed by atoms with Gasteiger partial charge in [0.1, 0.15) is 5.82 Å². The van der Waals surface area contributed by atoms with Gasteiger partial charge in [-0.15, -0.1) is 0 Å². The van der Waals surface area contributed by atoms with E-state index in [4.69, 9.17) is 0 Å². The average molecular weight is 308 g/mol. The van der Waals surface area contributed by atoms with E-state index in [0.717, 1.165) is 24.8 Å². The van der Waals surface area contributed by atoms with Gasteiger partial charge in [-0.25, -0.2) is 9.18 Å². The summed E-state index contributed by atoms with van der Waals surface area (Å²) in [5, 5.41) is 15.2. The van der Waals surface area contributed by atoms with E-state index in [0.29, 0.717) is 23.6 Å². The average Bonchev–Trinajstić information content (AvgIpc) is 2.87. The predicted octanol–water partition coefficient (Wildman–Crippen LogP) is 2.96. The van der Waals surface area contributed by atoms with E-state index in [1.807, 2.05) is 6.92 Å².